The summed E-state index contributed by atoms with van der Waals surface area (Å²) < 4.78 is 0. The Morgan fingerprint density at radius 1 is 1.19 bits per heavy atom. The second-order valence-corrected chi connectivity index (χ2v) is 7.40. The molecule has 1 aromatic heterocycles. The van der Waals surface area contributed by atoms with Gasteiger partial charge in [0.05, 0.1) is 11.5 Å². The Morgan fingerprint density at radius 2 is 1.96 bits per heavy atom. The van der Waals surface area contributed by atoms with Crippen LogP contribution in [0.1, 0.15) is 30.9 Å². The number of piperidine rings is 1. The standard InChI is InChI=1S/C20H28N4S.HI/c1-3-21-20(22-15-17-8-5-4-7-16(17)2)23-18-10-12-24(13-11-18)19-9-6-14-25-19;/h4-9,14,18H,3,10-13,15H2,1-2H3,(H2,21,22,23);1H. The minimum absolute atomic E-state index is 0. The van der Waals surface area contributed by atoms with E-state index in [4.69, 9.17) is 4.99 Å². The van der Waals surface area contributed by atoms with Crippen LogP contribution in [0.3, 0.4) is 0 Å². The Bertz CT molecular complexity index is 679. The van der Waals surface area contributed by atoms with E-state index in [-0.39, 0.29) is 24.0 Å². The Labute approximate surface area is 178 Å². The molecule has 26 heavy (non-hydrogen) atoms. The highest BCUT2D eigenvalue weighted by molar-refractivity contribution is 14.0. The summed E-state index contributed by atoms with van der Waals surface area (Å²) in [6.45, 7) is 8.07. The van der Waals surface area contributed by atoms with Gasteiger partial charge in [-0.25, -0.2) is 4.99 Å². The molecule has 0 atom stereocenters. The Kier molecular flexibility index (Phi) is 8.71. The number of guanidine groups is 1. The van der Waals surface area contributed by atoms with E-state index in [0.29, 0.717) is 6.04 Å². The molecule has 1 aliphatic heterocycles. The zero-order valence-electron chi connectivity index (χ0n) is 15.6. The number of nitrogens with zero attached hydrogens (tertiary/aromatic N) is 2. The van der Waals surface area contributed by atoms with Crippen molar-refractivity contribution in [3.05, 3.63) is 52.9 Å². The third-order valence-electron chi connectivity index (χ3n) is 4.67. The first kappa shape index (κ1) is 21.0. The average Bonchev–Trinajstić information content (AvgIpc) is 3.16. The van der Waals surface area contributed by atoms with Gasteiger partial charge in [0.2, 0.25) is 0 Å². The van der Waals surface area contributed by atoms with Gasteiger partial charge in [0, 0.05) is 25.7 Å². The summed E-state index contributed by atoms with van der Waals surface area (Å²) in [5, 5.41) is 10.6. The highest BCUT2D eigenvalue weighted by Crippen LogP contribution is 2.24. The van der Waals surface area contributed by atoms with E-state index in [1.807, 2.05) is 11.3 Å². The molecule has 0 aliphatic carbocycles. The molecule has 1 fully saturated rings. The largest absolute Gasteiger partial charge is 0.363 e. The van der Waals surface area contributed by atoms with Crippen LogP contribution in [0.5, 0.6) is 0 Å². The lowest BCUT2D eigenvalue weighted by atomic mass is 10.1. The third-order valence-corrected chi connectivity index (χ3v) is 5.60. The van der Waals surface area contributed by atoms with Crippen molar-refractivity contribution in [1.82, 2.24) is 10.6 Å². The van der Waals surface area contributed by atoms with Crippen molar-refractivity contribution in [2.24, 2.45) is 4.99 Å². The summed E-state index contributed by atoms with van der Waals surface area (Å²) in [7, 11) is 0. The van der Waals surface area contributed by atoms with Crippen LogP contribution >= 0.6 is 35.3 Å². The number of rotatable bonds is 5. The molecule has 0 bridgehead atoms. The van der Waals surface area contributed by atoms with Gasteiger partial charge in [-0.15, -0.1) is 35.3 Å². The van der Waals surface area contributed by atoms with Gasteiger partial charge in [0.25, 0.3) is 0 Å². The molecule has 0 radical (unpaired) electrons. The van der Waals surface area contributed by atoms with Crippen LogP contribution in [0.4, 0.5) is 5.00 Å². The average molecular weight is 484 g/mol. The summed E-state index contributed by atoms with van der Waals surface area (Å²) in [5.41, 5.74) is 2.58. The van der Waals surface area contributed by atoms with Gasteiger partial charge in [-0.3, -0.25) is 0 Å². The van der Waals surface area contributed by atoms with Crippen LogP contribution in [0.25, 0.3) is 0 Å². The van der Waals surface area contributed by atoms with E-state index in [1.54, 1.807) is 0 Å². The lowest BCUT2D eigenvalue weighted by Crippen LogP contribution is -2.48. The smallest absolute Gasteiger partial charge is 0.191 e. The van der Waals surface area contributed by atoms with E-state index in [9.17, 15) is 0 Å². The van der Waals surface area contributed by atoms with Crippen molar-refractivity contribution < 1.29 is 0 Å². The number of nitrogens with one attached hydrogen (secondary N) is 2. The second-order valence-electron chi connectivity index (χ2n) is 6.48. The van der Waals surface area contributed by atoms with Gasteiger partial charge in [-0.2, -0.15) is 0 Å². The SMILES string of the molecule is CCNC(=NCc1ccccc1C)NC1CCN(c2cccs2)CC1.I. The maximum absolute atomic E-state index is 4.79. The van der Waals surface area contributed by atoms with Gasteiger partial charge in [0.15, 0.2) is 5.96 Å². The Balaban J connectivity index is 0.00000243. The minimum atomic E-state index is 0. The molecule has 3 rings (SSSR count). The summed E-state index contributed by atoms with van der Waals surface area (Å²) in [5.74, 6) is 0.931. The van der Waals surface area contributed by atoms with Gasteiger partial charge < -0.3 is 15.5 Å². The van der Waals surface area contributed by atoms with Gasteiger partial charge in [-0.05, 0) is 55.3 Å². The molecule has 4 nitrogen and oxygen atoms in total. The molecule has 142 valence electrons. The summed E-state index contributed by atoms with van der Waals surface area (Å²) in [6, 6.07) is 13.3. The molecule has 6 heteroatoms. The number of anilines is 1. The number of aliphatic imine (C=N–C) groups is 1. The van der Waals surface area contributed by atoms with Crippen molar-refractivity contribution in [3.8, 4) is 0 Å². The van der Waals surface area contributed by atoms with E-state index in [2.05, 4.69) is 71.2 Å². The molecule has 2 heterocycles. The Hall–Kier alpha value is -1.28. The number of aryl methyl sites for hydroxylation is 1. The van der Waals surface area contributed by atoms with E-state index in [0.717, 1.165) is 45.0 Å². The van der Waals surface area contributed by atoms with Crippen molar-refractivity contribution in [3.63, 3.8) is 0 Å². The molecule has 1 saturated heterocycles. The number of benzene rings is 1. The number of thiophene rings is 1. The van der Waals surface area contributed by atoms with Crippen molar-refractivity contribution in [2.45, 2.75) is 39.3 Å². The molecule has 1 aliphatic rings. The fraction of sp³-hybridized carbons (Fsp3) is 0.450. The van der Waals surface area contributed by atoms with Crippen molar-refractivity contribution in [2.75, 3.05) is 24.5 Å². The normalized spacial score (nSPS) is 15.5. The molecule has 1 aromatic carbocycles. The summed E-state index contributed by atoms with van der Waals surface area (Å²) >= 11 is 1.83. The van der Waals surface area contributed by atoms with Gasteiger partial charge in [-0.1, -0.05) is 24.3 Å². The van der Waals surface area contributed by atoms with Crippen LogP contribution in [-0.4, -0.2) is 31.6 Å². The predicted octanol–water partition coefficient (Wildman–Crippen LogP) is 4.40. The van der Waals surface area contributed by atoms with Gasteiger partial charge in [0.1, 0.15) is 0 Å². The summed E-state index contributed by atoms with van der Waals surface area (Å²) in [6.07, 6.45) is 2.29. The number of hydrogen-bond donors (Lipinski definition) is 2. The monoisotopic (exact) mass is 484 g/mol. The topological polar surface area (TPSA) is 39.7 Å². The first-order valence-electron chi connectivity index (χ1n) is 9.14. The fourth-order valence-corrected chi connectivity index (χ4v) is 3.94. The lowest BCUT2D eigenvalue weighted by molar-refractivity contribution is 0.463. The van der Waals surface area contributed by atoms with E-state index in [1.165, 1.54) is 16.1 Å². The predicted molar refractivity (Wildman–Crippen MR) is 124 cm³/mol. The van der Waals surface area contributed by atoms with Crippen molar-refractivity contribution >= 4 is 46.3 Å². The maximum atomic E-state index is 4.79. The number of hydrogen-bond acceptors (Lipinski definition) is 3. The zero-order chi connectivity index (χ0) is 17.5. The van der Waals surface area contributed by atoms with Crippen LogP contribution in [0.15, 0.2) is 46.8 Å². The maximum Gasteiger partial charge on any atom is 0.191 e. The van der Waals surface area contributed by atoms with Crippen LogP contribution in [0.2, 0.25) is 0 Å². The van der Waals surface area contributed by atoms with E-state index >= 15 is 0 Å². The van der Waals surface area contributed by atoms with Gasteiger partial charge >= 0.3 is 0 Å². The Morgan fingerprint density at radius 3 is 2.62 bits per heavy atom. The lowest BCUT2D eigenvalue weighted by Gasteiger charge is -2.33. The quantitative estimate of drug-likeness (QED) is 0.376. The number of halogens is 1. The molecule has 0 spiro atoms. The van der Waals surface area contributed by atoms with Crippen LogP contribution < -0.4 is 15.5 Å². The van der Waals surface area contributed by atoms with E-state index < -0.39 is 0 Å². The minimum Gasteiger partial charge on any atom is -0.363 e. The molecular formula is C20H29IN4S. The first-order chi connectivity index (χ1) is 12.3. The summed E-state index contributed by atoms with van der Waals surface area (Å²) in [4.78, 5) is 7.28. The molecule has 2 aromatic rings. The van der Waals surface area contributed by atoms with Crippen LogP contribution in [-0.2, 0) is 6.54 Å². The highest BCUT2D eigenvalue weighted by Gasteiger charge is 2.20. The second kappa shape index (κ2) is 10.8. The molecule has 0 unspecified atom stereocenters. The third kappa shape index (κ3) is 5.87. The molecule has 0 saturated carbocycles. The molecule has 0 amide bonds. The highest BCUT2D eigenvalue weighted by atomic mass is 127. The molecule has 2 N–H and O–H groups in total. The van der Waals surface area contributed by atoms with Crippen LogP contribution in [0, 0.1) is 6.92 Å². The van der Waals surface area contributed by atoms with Crippen molar-refractivity contribution in [1.29, 1.82) is 0 Å². The molecular weight excluding hydrogens is 455 g/mol. The fourth-order valence-electron chi connectivity index (χ4n) is 3.16. The zero-order valence-corrected chi connectivity index (χ0v) is 18.7. The first-order valence-corrected chi connectivity index (χ1v) is 10.0.